The topological polar surface area (TPSA) is 105 Å². The van der Waals surface area contributed by atoms with E-state index in [2.05, 4.69) is 21.4 Å². The smallest absolute Gasteiger partial charge is 0.337 e. The number of hydrogen-bond donors (Lipinski definition) is 1. The number of carbonyl (C=O) groups excluding carboxylic acids is 4. The predicted molar refractivity (Wildman–Crippen MR) is 141 cm³/mol. The highest BCUT2D eigenvalue weighted by Gasteiger charge is 2.60. The van der Waals surface area contributed by atoms with Crippen molar-refractivity contribution in [1.29, 1.82) is 0 Å². The van der Waals surface area contributed by atoms with E-state index in [1.54, 1.807) is 72.8 Å². The molecule has 2 aliphatic heterocycles. The molecule has 0 unspecified atom stereocenters. The number of nitrogens with one attached hydrogen (secondary N) is 1. The zero-order valence-corrected chi connectivity index (χ0v) is 22.2. The Balaban J connectivity index is 1.53. The van der Waals surface area contributed by atoms with Crippen LogP contribution in [0.2, 0.25) is 0 Å². The number of carbonyl (C=O) groups is 4. The number of halogens is 1. The standard InChI is InChI=1S/C28H24BrN3O6/c1-3-38-21-13-11-20(12-14-21)31-26(34)22-23(16-7-9-17(10-8-16)28(36)37-2)30-32(24(22)27(31)35)25(33)18-5-4-6-19(29)15-18/h4-15,22-24,30H,3H2,1-2H3/t22-,23-,24-/m1/s1. The molecule has 0 aliphatic carbocycles. The number of amides is 3. The molecule has 0 spiro atoms. The number of fused-ring (bicyclic) bond motifs is 1. The van der Waals surface area contributed by atoms with Gasteiger partial charge in [-0.3, -0.25) is 19.4 Å². The van der Waals surface area contributed by atoms with E-state index in [4.69, 9.17) is 9.47 Å². The summed E-state index contributed by atoms with van der Waals surface area (Å²) in [6.07, 6.45) is 0. The second-order valence-electron chi connectivity index (χ2n) is 8.82. The average molecular weight is 578 g/mol. The van der Waals surface area contributed by atoms with Crippen LogP contribution in [-0.4, -0.2) is 48.5 Å². The highest BCUT2D eigenvalue weighted by Crippen LogP contribution is 2.42. The Morgan fingerprint density at radius 1 is 0.947 bits per heavy atom. The van der Waals surface area contributed by atoms with Crippen LogP contribution < -0.4 is 15.1 Å². The molecule has 0 aromatic heterocycles. The molecule has 3 aromatic rings. The third-order valence-corrected chi connectivity index (χ3v) is 7.12. The third kappa shape index (κ3) is 4.46. The lowest BCUT2D eigenvalue weighted by Gasteiger charge is -2.25. The quantitative estimate of drug-likeness (QED) is 0.350. The van der Waals surface area contributed by atoms with Gasteiger partial charge >= 0.3 is 5.97 Å². The number of anilines is 1. The molecule has 3 aromatic carbocycles. The van der Waals surface area contributed by atoms with Crippen molar-refractivity contribution in [3.8, 4) is 5.75 Å². The minimum Gasteiger partial charge on any atom is -0.494 e. The van der Waals surface area contributed by atoms with Crippen LogP contribution in [0.15, 0.2) is 77.3 Å². The van der Waals surface area contributed by atoms with Gasteiger partial charge in [0.1, 0.15) is 11.8 Å². The van der Waals surface area contributed by atoms with Crippen molar-refractivity contribution >= 4 is 45.3 Å². The van der Waals surface area contributed by atoms with Gasteiger partial charge in [-0.1, -0.05) is 34.1 Å². The number of esters is 1. The number of rotatable bonds is 6. The van der Waals surface area contributed by atoms with Crippen LogP contribution in [0.4, 0.5) is 5.69 Å². The molecule has 3 amide bonds. The fourth-order valence-electron chi connectivity index (χ4n) is 4.87. The molecule has 194 valence electrons. The molecule has 2 saturated heterocycles. The Hall–Kier alpha value is -4.02. The van der Waals surface area contributed by atoms with Crippen LogP contribution in [0.3, 0.4) is 0 Å². The van der Waals surface area contributed by atoms with Crippen LogP contribution >= 0.6 is 15.9 Å². The minimum atomic E-state index is -1.06. The van der Waals surface area contributed by atoms with E-state index >= 15 is 0 Å². The van der Waals surface area contributed by atoms with Crippen LogP contribution in [0.25, 0.3) is 0 Å². The lowest BCUT2D eigenvalue weighted by Crippen LogP contribution is -2.48. The predicted octanol–water partition coefficient (Wildman–Crippen LogP) is 3.89. The van der Waals surface area contributed by atoms with Crippen molar-refractivity contribution in [3.63, 3.8) is 0 Å². The Labute approximate surface area is 227 Å². The number of imide groups is 1. The maximum atomic E-state index is 13.8. The first-order valence-electron chi connectivity index (χ1n) is 12.0. The Kier molecular flexibility index (Phi) is 7.00. The molecular formula is C28H24BrN3O6. The summed E-state index contributed by atoms with van der Waals surface area (Å²) in [5.74, 6) is -2.13. The lowest BCUT2D eigenvalue weighted by atomic mass is 9.90. The van der Waals surface area contributed by atoms with Gasteiger partial charge in [0.25, 0.3) is 11.8 Å². The summed E-state index contributed by atoms with van der Waals surface area (Å²) in [6, 6.07) is 18.3. The number of ether oxygens (including phenoxy) is 2. The Morgan fingerprint density at radius 3 is 2.29 bits per heavy atom. The van der Waals surface area contributed by atoms with Crippen molar-refractivity contribution in [2.24, 2.45) is 5.92 Å². The minimum absolute atomic E-state index is 0.345. The molecule has 2 fully saturated rings. The van der Waals surface area contributed by atoms with Crippen molar-refractivity contribution in [1.82, 2.24) is 10.4 Å². The van der Waals surface area contributed by atoms with Crippen LogP contribution in [0.1, 0.15) is 39.2 Å². The second-order valence-corrected chi connectivity index (χ2v) is 9.73. The summed E-state index contributed by atoms with van der Waals surface area (Å²) in [6.45, 7) is 2.35. The first kappa shape index (κ1) is 25.6. The van der Waals surface area contributed by atoms with Crippen molar-refractivity contribution in [2.75, 3.05) is 18.6 Å². The molecule has 0 bridgehead atoms. The Bertz CT molecular complexity index is 1410. The van der Waals surface area contributed by atoms with Gasteiger partial charge in [0, 0.05) is 10.0 Å². The number of nitrogens with zero attached hydrogens (tertiary/aromatic N) is 2. The van der Waals surface area contributed by atoms with Crippen molar-refractivity contribution in [3.05, 3.63) is 94.0 Å². The van der Waals surface area contributed by atoms with E-state index < -0.39 is 41.7 Å². The summed E-state index contributed by atoms with van der Waals surface area (Å²) in [7, 11) is 1.29. The average Bonchev–Trinajstić information content (AvgIpc) is 3.45. The summed E-state index contributed by atoms with van der Waals surface area (Å²) in [4.78, 5) is 54.2. The van der Waals surface area contributed by atoms with E-state index in [0.717, 1.165) is 4.90 Å². The molecule has 10 heteroatoms. The van der Waals surface area contributed by atoms with E-state index in [0.29, 0.717) is 39.2 Å². The normalized spacial score (nSPS) is 20.4. The number of benzene rings is 3. The van der Waals surface area contributed by atoms with Crippen LogP contribution in [0, 0.1) is 5.92 Å². The van der Waals surface area contributed by atoms with E-state index in [9.17, 15) is 19.2 Å². The number of methoxy groups -OCH3 is 1. The Morgan fingerprint density at radius 2 is 1.66 bits per heavy atom. The van der Waals surface area contributed by atoms with Gasteiger partial charge in [-0.05, 0) is 67.1 Å². The van der Waals surface area contributed by atoms with Crippen molar-refractivity contribution < 1.29 is 28.7 Å². The highest BCUT2D eigenvalue weighted by atomic mass is 79.9. The van der Waals surface area contributed by atoms with E-state index in [1.165, 1.54) is 12.1 Å². The van der Waals surface area contributed by atoms with E-state index in [-0.39, 0.29) is 0 Å². The molecule has 2 aliphatic rings. The summed E-state index contributed by atoms with van der Waals surface area (Å²) in [5.41, 5.74) is 4.85. The first-order valence-corrected chi connectivity index (χ1v) is 12.8. The zero-order valence-electron chi connectivity index (χ0n) is 20.6. The number of hydrogen-bond acceptors (Lipinski definition) is 7. The first-order chi connectivity index (χ1) is 18.3. The molecule has 0 saturated carbocycles. The maximum absolute atomic E-state index is 13.8. The van der Waals surface area contributed by atoms with Gasteiger partial charge in [0.2, 0.25) is 5.91 Å². The van der Waals surface area contributed by atoms with Gasteiger partial charge in [0.15, 0.2) is 0 Å². The molecule has 1 N–H and O–H groups in total. The molecule has 5 rings (SSSR count). The SMILES string of the molecule is CCOc1ccc(N2C(=O)[C@@H]3[C@@H](c4ccc(C(=O)OC)cc4)NN(C(=O)c4cccc(Br)c4)[C@H]3C2=O)cc1. The van der Waals surface area contributed by atoms with Gasteiger partial charge in [-0.15, -0.1) is 0 Å². The van der Waals surface area contributed by atoms with Gasteiger partial charge in [0.05, 0.1) is 36.9 Å². The largest absolute Gasteiger partial charge is 0.494 e. The van der Waals surface area contributed by atoms with Gasteiger partial charge < -0.3 is 9.47 Å². The number of hydrazine groups is 1. The second kappa shape index (κ2) is 10.4. The van der Waals surface area contributed by atoms with E-state index in [1.807, 2.05) is 6.92 Å². The highest BCUT2D eigenvalue weighted by molar-refractivity contribution is 9.10. The molecular weight excluding hydrogens is 554 g/mol. The summed E-state index contributed by atoms with van der Waals surface area (Å²) < 4.78 is 11.0. The van der Waals surface area contributed by atoms with Gasteiger partial charge in [-0.2, -0.15) is 0 Å². The molecule has 3 atom stereocenters. The van der Waals surface area contributed by atoms with Crippen molar-refractivity contribution in [2.45, 2.75) is 19.0 Å². The molecule has 38 heavy (non-hydrogen) atoms. The zero-order chi connectivity index (χ0) is 27.0. The maximum Gasteiger partial charge on any atom is 0.337 e. The lowest BCUT2D eigenvalue weighted by molar-refractivity contribution is -0.123. The van der Waals surface area contributed by atoms with Crippen LogP contribution in [-0.2, 0) is 14.3 Å². The molecule has 9 nitrogen and oxygen atoms in total. The monoisotopic (exact) mass is 577 g/mol. The molecule has 0 radical (unpaired) electrons. The summed E-state index contributed by atoms with van der Waals surface area (Å²) in [5, 5.41) is 1.25. The van der Waals surface area contributed by atoms with Crippen LogP contribution in [0.5, 0.6) is 5.75 Å². The third-order valence-electron chi connectivity index (χ3n) is 6.62. The van der Waals surface area contributed by atoms with Gasteiger partial charge in [-0.25, -0.2) is 15.1 Å². The molecule has 2 heterocycles. The summed E-state index contributed by atoms with van der Waals surface area (Å²) >= 11 is 3.38. The fraction of sp³-hybridized carbons (Fsp3) is 0.214. The fourth-order valence-corrected chi connectivity index (χ4v) is 5.27.